The monoisotopic (exact) mass is 257 g/mol. The molecule has 1 aromatic carbocycles. The molecule has 0 saturated heterocycles. The Hall–Kier alpha value is -1.40. The largest absolute Gasteiger partial charge is 0.480 e. The summed E-state index contributed by atoms with van der Waals surface area (Å²) in [6.07, 6.45) is 0.134. The van der Waals surface area contributed by atoms with Crippen LogP contribution in [0.3, 0.4) is 0 Å². The fourth-order valence-corrected chi connectivity index (χ4v) is 2.11. The zero-order valence-electron chi connectivity index (χ0n) is 9.46. The summed E-state index contributed by atoms with van der Waals surface area (Å²) >= 11 is 0. The van der Waals surface area contributed by atoms with Crippen LogP contribution in [-0.4, -0.2) is 31.3 Å². The smallest absolute Gasteiger partial charge is 0.322 e. The van der Waals surface area contributed by atoms with Crippen LogP contribution in [0.4, 0.5) is 0 Å². The normalized spacial score (nSPS) is 13.2. The molecule has 0 aromatic heterocycles. The molecule has 1 atom stereocenters. The van der Waals surface area contributed by atoms with Crippen molar-refractivity contribution in [2.75, 3.05) is 5.75 Å². The van der Waals surface area contributed by atoms with Gasteiger partial charge in [-0.25, -0.2) is 13.1 Å². The topological polar surface area (TPSA) is 83.5 Å². The van der Waals surface area contributed by atoms with Gasteiger partial charge >= 0.3 is 5.97 Å². The number of aliphatic carboxylic acids is 1. The molecule has 0 spiro atoms. The molecule has 0 radical (unpaired) electrons. The van der Waals surface area contributed by atoms with E-state index in [1.807, 2.05) is 6.07 Å². The van der Waals surface area contributed by atoms with E-state index in [1.54, 1.807) is 24.3 Å². The number of carboxylic acid groups (broad SMARTS) is 1. The van der Waals surface area contributed by atoms with Crippen LogP contribution in [0, 0.1) is 0 Å². The molecule has 1 rings (SSSR count). The SMILES string of the molecule is CCS(=O)(=O)NC(Cc1ccccc1)C(=O)O. The molecule has 0 bridgehead atoms. The van der Waals surface area contributed by atoms with Crippen molar-refractivity contribution in [3.05, 3.63) is 35.9 Å². The zero-order valence-corrected chi connectivity index (χ0v) is 10.3. The molecule has 2 N–H and O–H groups in total. The van der Waals surface area contributed by atoms with Crippen molar-refractivity contribution in [3.8, 4) is 0 Å². The van der Waals surface area contributed by atoms with E-state index in [4.69, 9.17) is 5.11 Å². The van der Waals surface area contributed by atoms with Crippen LogP contribution < -0.4 is 4.72 Å². The molecule has 0 aliphatic carbocycles. The second-order valence-corrected chi connectivity index (χ2v) is 5.64. The minimum atomic E-state index is -3.51. The average Bonchev–Trinajstić information content (AvgIpc) is 2.29. The van der Waals surface area contributed by atoms with Crippen molar-refractivity contribution in [1.82, 2.24) is 4.72 Å². The van der Waals surface area contributed by atoms with E-state index in [0.29, 0.717) is 0 Å². The van der Waals surface area contributed by atoms with Crippen LogP contribution in [0.1, 0.15) is 12.5 Å². The molecular weight excluding hydrogens is 242 g/mol. The Kier molecular flexibility index (Phi) is 4.65. The maximum absolute atomic E-state index is 11.3. The first kappa shape index (κ1) is 13.7. The molecule has 0 aliphatic rings. The summed E-state index contributed by atoms with van der Waals surface area (Å²) in [5.41, 5.74) is 0.777. The Labute approximate surface area is 101 Å². The molecule has 6 heteroatoms. The number of nitrogens with one attached hydrogen (secondary N) is 1. The number of carbonyl (C=O) groups is 1. The standard InChI is InChI=1S/C11H15NO4S/c1-2-17(15,16)12-10(11(13)14)8-9-6-4-3-5-7-9/h3-7,10,12H,2,8H2,1H3,(H,13,14). The van der Waals surface area contributed by atoms with Crippen LogP contribution in [0.2, 0.25) is 0 Å². The molecule has 1 unspecified atom stereocenters. The second kappa shape index (κ2) is 5.79. The maximum Gasteiger partial charge on any atom is 0.322 e. The Morgan fingerprint density at radius 3 is 2.41 bits per heavy atom. The molecule has 5 nitrogen and oxygen atoms in total. The van der Waals surface area contributed by atoms with Gasteiger partial charge in [0.05, 0.1) is 5.75 Å². The summed E-state index contributed by atoms with van der Waals surface area (Å²) < 4.78 is 24.8. The predicted octanol–water partition coefficient (Wildman–Crippen LogP) is 0.622. The summed E-state index contributed by atoms with van der Waals surface area (Å²) in [5, 5.41) is 8.97. The number of hydrogen-bond acceptors (Lipinski definition) is 3. The van der Waals surface area contributed by atoms with Crippen molar-refractivity contribution < 1.29 is 18.3 Å². The molecule has 17 heavy (non-hydrogen) atoms. The summed E-state index contributed by atoms with van der Waals surface area (Å²) in [6, 6.07) is 7.77. The first-order chi connectivity index (χ1) is 7.94. The quantitative estimate of drug-likeness (QED) is 0.782. The summed E-state index contributed by atoms with van der Waals surface area (Å²) in [4.78, 5) is 11.0. The van der Waals surface area contributed by atoms with Gasteiger partial charge in [-0.15, -0.1) is 0 Å². The van der Waals surface area contributed by atoms with Crippen molar-refractivity contribution in [2.24, 2.45) is 0 Å². The van der Waals surface area contributed by atoms with E-state index in [-0.39, 0.29) is 12.2 Å². The number of benzene rings is 1. The highest BCUT2D eigenvalue weighted by Gasteiger charge is 2.22. The lowest BCUT2D eigenvalue weighted by atomic mass is 10.1. The van der Waals surface area contributed by atoms with E-state index < -0.39 is 22.0 Å². The van der Waals surface area contributed by atoms with Gasteiger partial charge in [-0.05, 0) is 18.9 Å². The highest BCUT2D eigenvalue weighted by molar-refractivity contribution is 7.89. The number of sulfonamides is 1. The molecule has 0 heterocycles. The Balaban J connectivity index is 2.78. The molecule has 94 valence electrons. The summed E-state index contributed by atoms with van der Waals surface area (Å²) in [5.74, 6) is -1.31. The Morgan fingerprint density at radius 1 is 1.35 bits per heavy atom. The van der Waals surface area contributed by atoms with Gasteiger partial charge in [0.1, 0.15) is 6.04 Å². The average molecular weight is 257 g/mol. The fourth-order valence-electron chi connectivity index (χ4n) is 1.33. The minimum Gasteiger partial charge on any atom is -0.480 e. The lowest BCUT2D eigenvalue weighted by molar-refractivity contribution is -0.138. The van der Waals surface area contributed by atoms with Crippen LogP contribution >= 0.6 is 0 Å². The number of hydrogen-bond donors (Lipinski definition) is 2. The fraction of sp³-hybridized carbons (Fsp3) is 0.364. The third-order valence-electron chi connectivity index (χ3n) is 2.28. The van der Waals surface area contributed by atoms with Gasteiger partial charge in [-0.1, -0.05) is 30.3 Å². The lowest BCUT2D eigenvalue weighted by Crippen LogP contribution is -2.42. The van der Waals surface area contributed by atoms with Crippen LogP contribution in [0.25, 0.3) is 0 Å². The van der Waals surface area contributed by atoms with Gasteiger partial charge in [0.25, 0.3) is 0 Å². The van der Waals surface area contributed by atoms with Gasteiger partial charge in [-0.3, -0.25) is 4.79 Å². The Morgan fingerprint density at radius 2 is 1.94 bits per heavy atom. The highest BCUT2D eigenvalue weighted by atomic mass is 32.2. The van der Waals surface area contributed by atoms with Crippen LogP contribution in [0.15, 0.2) is 30.3 Å². The number of carboxylic acids is 1. The van der Waals surface area contributed by atoms with Crippen molar-refractivity contribution in [1.29, 1.82) is 0 Å². The molecule has 1 aromatic rings. The van der Waals surface area contributed by atoms with Gasteiger partial charge < -0.3 is 5.11 Å². The first-order valence-electron chi connectivity index (χ1n) is 5.21. The molecule has 0 amide bonds. The molecular formula is C11H15NO4S. The van der Waals surface area contributed by atoms with Gasteiger partial charge in [0, 0.05) is 0 Å². The molecule has 0 aliphatic heterocycles. The van der Waals surface area contributed by atoms with E-state index in [1.165, 1.54) is 6.92 Å². The predicted molar refractivity (Wildman–Crippen MR) is 64.2 cm³/mol. The van der Waals surface area contributed by atoms with Crippen LogP contribution in [-0.2, 0) is 21.2 Å². The third kappa shape index (κ3) is 4.54. The summed E-state index contributed by atoms with van der Waals surface area (Å²) in [6.45, 7) is 1.46. The third-order valence-corrected chi connectivity index (χ3v) is 3.69. The van der Waals surface area contributed by atoms with Crippen molar-refractivity contribution in [3.63, 3.8) is 0 Å². The van der Waals surface area contributed by atoms with Gasteiger partial charge in [-0.2, -0.15) is 0 Å². The van der Waals surface area contributed by atoms with Crippen molar-refractivity contribution >= 4 is 16.0 Å². The van der Waals surface area contributed by atoms with E-state index >= 15 is 0 Å². The lowest BCUT2D eigenvalue weighted by Gasteiger charge is -2.13. The van der Waals surface area contributed by atoms with Crippen LogP contribution in [0.5, 0.6) is 0 Å². The number of rotatable bonds is 6. The Bertz CT molecular complexity index is 470. The minimum absolute atomic E-state index is 0.133. The highest BCUT2D eigenvalue weighted by Crippen LogP contribution is 2.04. The van der Waals surface area contributed by atoms with Gasteiger partial charge in [0.2, 0.25) is 10.0 Å². The maximum atomic E-state index is 11.3. The first-order valence-corrected chi connectivity index (χ1v) is 6.86. The molecule has 0 fully saturated rings. The summed E-state index contributed by atoms with van der Waals surface area (Å²) in [7, 11) is -3.51. The van der Waals surface area contributed by atoms with E-state index in [9.17, 15) is 13.2 Å². The van der Waals surface area contributed by atoms with Crippen molar-refractivity contribution in [2.45, 2.75) is 19.4 Å². The van der Waals surface area contributed by atoms with E-state index in [2.05, 4.69) is 4.72 Å². The van der Waals surface area contributed by atoms with E-state index in [0.717, 1.165) is 5.56 Å². The zero-order chi connectivity index (χ0) is 12.9. The van der Waals surface area contributed by atoms with Gasteiger partial charge in [0.15, 0.2) is 0 Å². The molecule has 0 saturated carbocycles. The second-order valence-electron chi connectivity index (χ2n) is 3.60.